The highest BCUT2D eigenvalue weighted by molar-refractivity contribution is 9.10. The van der Waals surface area contributed by atoms with Gasteiger partial charge in [0.15, 0.2) is 0 Å². The van der Waals surface area contributed by atoms with Gasteiger partial charge in [0.05, 0.1) is 0 Å². The molecule has 1 aromatic carbocycles. The Balaban J connectivity index is 2.16. The molecule has 1 unspecified atom stereocenters. The Kier molecular flexibility index (Phi) is 5.27. The highest BCUT2D eigenvalue weighted by Gasteiger charge is 2.12. The smallest absolute Gasteiger partial charge is 0.0285 e. The molecule has 0 radical (unpaired) electrons. The van der Waals surface area contributed by atoms with E-state index in [2.05, 4.69) is 83.5 Å². The molecule has 90 valence electrons. The first-order valence-corrected chi connectivity index (χ1v) is 8.82. The minimum absolute atomic E-state index is 0.526. The first kappa shape index (κ1) is 13.8. The van der Waals surface area contributed by atoms with Crippen LogP contribution in [-0.2, 0) is 6.42 Å². The van der Waals surface area contributed by atoms with Crippen LogP contribution in [0.25, 0.3) is 0 Å². The summed E-state index contributed by atoms with van der Waals surface area (Å²) in [7, 11) is 0. The van der Waals surface area contributed by atoms with Crippen molar-refractivity contribution in [2.45, 2.75) is 12.3 Å². The third kappa shape index (κ3) is 3.91. The summed E-state index contributed by atoms with van der Waals surface area (Å²) in [5.41, 5.74) is 1.38. The van der Waals surface area contributed by atoms with E-state index in [0.717, 1.165) is 16.2 Å². The van der Waals surface area contributed by atoms with Gasteiger partial charge in [0, 0.05) is 24.5 Å². The van der Waals surface area contributed by atoms with Gasteiger partial charge in [-0.25, -0.2) is 0 Å². The van der Waals surface area contributed by atoms with Crippen molar-refractivity contribution in [1.29, 1.82) is 0 Å². The minimum Gasteiger partial charge on any atom is -0.148 e. The molecule has 0 fully saturated rings. The Labute approximate surface area is 131 Å². The molecule has 17 heavy (non-hydrogen) atoms. The predicted molar refractivity (Wildman–Crippen MR) is 86.4 cm³/mol. The highest BCUT2D eigenvalue weighted by Crippen LogP contribution is 2.29. The number of benzene rings is 1. The molecule has 1 atom stereocenters. The molecule has 0 aliphatic carbocycles. The van der Waals surface area contributed by atoms with Crippen molar-refractivity contribution in [3.8, 4) is 0 Å². The zero-order valence-electron chi connectivity index (χ0n) is 9.00. The lowest BCUT2D eigenvalue weighted by molar-refractivity contribution is 0.785. The maximum absolute atomic E-state index is 3.62. The number of alkyl halides is 1. The summed E-state index contributed by atoms with van der Waals surface area (Å²) in [6.07, 6.45) is 1.08. The summed E-state index contributed by atoms with van der Waals surface area (Å²) in [6.45, 7) is 0. The van der Waals surface area contributed by atoms with Crippen molar-refractivity contribution in [2.75, 3.05) is 5.33 Å². The third-order valence-corrected chi connectivity index (χ3v) is 5.57. The summed E-state index contributed by atoms with van der Waals surface area (Å²) in [5, 5.41) is 3.13. The SMILES string of the molecule is BrCC(Cc1cc(Br)cs1)c1cccc(Br)c1. The molecule has 0 nitrogen and oxygen atoms in total. The number of hydrogen-bond acceptors (Lipinski definition) is 1. The van der Waals surface area contributed by atoms with Crippen LogP contribution < -0.4 is 0 Å². The van der Waals surface area contributed by atoms with E-state index < -0.39 is 0 Å². The van der Waals surface area contributed by atoms with Crippen LogP contribution in [0.5, 0.6) is 0 Å². The lowest BCUT2D eigenvalue weighted by Crippen LogP contribution is -2.03. The Hall–Kier alpha value is 0.360. The molecule has 2 rings (SSSR count). The second-order valence-corrected chi connectivity index (χ2v) is 7.32. The highest BCUT2D eigenvalue weighted by atomic mass is 79.9. The summed E-state index contributed by atoms with van der Waals surface area (Å²) in [4.78, 5) is 1.42. The van der Waals surface area contributed by atoms with E-state index >= 15 is 0 Å². The van der Waals surface area contributed by atoms with Gasteiger partial charge in [0.25, 0.3) is 0 Å². The van der Waals surface area contributed by atoms with Gasteiger partial charge in [-0.2, -0.15) is 0 Å². The molecule has 0 bridgehead atoms. The van der Waals surface area contributed by atoms with Gasteiger partial charge in [0.2, 0.25) is 0 Å². The number of thiophene rings is 1. The maximum Gasteiger partial charge on any atom is 0.0285 e. The zero-order chi connectivity index (χ0) is 12.3. The Morgan fingerprint density at radius 2 is 1.94 bits per heavy atom. The third-order valence-electron chi connectivity index (χ3n) is 2.58. The molecule has 1 heterocycles. The predicted octanol–water partition coefficient (Wildman–Crippen LogP) is 5.99. The zero-order valence-corrected chi connectivity index (χ0v) is 14.6. The largest absolute Gasteiger partial charge is 0.148 e. The second kappa shape index (κ2) is 6.50. The van der Waals surface area contributed by atoms with Crippen molar-refractivity contribution in [3.63, 3.8) is 0 Å². The van der Waals surface area contributed by atoms with E-state index in [1.165, 1.54) is 14.9 Å². The van der Waals surface area contributed by atoms with Gasteiger partial charge in [-0.3, -0.25) is 0 Å². The number of hydrogen-bond donors (Lipinski definition) is 0. The molecule has 0 saturated heterocycles. The molecule has 1 aromatic heterocycles. The van der Waals surface area contributed by atoms with Crippen LogP contribution in [0.2, 0.25) is 0 Å². The fraction of sp³-hybridized carbons (Fsp3) is 0.231. The number of halogens is 3. The van der Waals surface area contributed by atoms with Crippen molar-refractivity contribution in [3.05, 3.63) is 55.1 Å². The standard InChI is InChI=1S/C13H11Br3S/c14-7-10(5-13-6-12(16)8-17-13)9-2-1-3-11(15)4-9/h1-4,6,8,10H,5,7H2. The second-order valence-electron chi connectivity index (χ2n) is 3.84. The fourth-order valence-electron chi connectivity index (χ4n) is 1.73. The summed E-state index contributed by atoms with van der Waals surface area (Å²) >= 11 is 12.5. The lowest BCUT2D eigenvalue weighted by Gasteiger charge is -2.13. The van der Waals surface area contributed by atoms with Crippen LogP contribution in [0.1, 0.15) is 16.4 Å². The molecule has 0 aliphatic heterocycles. The molecule has 0 spiro atoms. The van der Waals surface area contributed by atoms with Crippen LogP contribution >= 0.6 is 59.1 Å². The Morgan fingerprint density at radius 1 is 1.12 bits per heavy atom. The van der Waals surface area contributed by atoms with Crippen LogP contribution in [-0.4, -0.2) is 5.33 Å². The van der Waals surface area contributed by atoms with Gasteiger partial charge in [-0.05, 0) is 52.0 Å². The van der Waals surface area contributed by atoms with Crippen LogP contribution in [0.15, 0.2) is 44.7 Å². The van der Waals surface area contributed by atoms with Crippen molar-refractivity contribution < 1.29 is 0 Å². The topological polar surface area (TPSA) is 0 Å². The average Bonchev–Trinajstić information content (AvgIpc) is 2.72. The van der Waals surface area contributed by atoms with Crippen molar-refractivity contribution in [2.24, 2.45) is 0 Å². The van der Waals surface area contributed by atoms with Crippen molar-refractivity contribution in [1.82, 2.24) is 0 Å². The van der Waals surface area contributed by atoms with E-state index in [0.29, 0.717) is 5.92 Å². The first-order chi connectivity index (χ1) is 8.19. The van der Waals surface area contributed by atoms with E-state index in [9.17, 15) is 0 Å². The summed E-state index contributed by atoms with van der Waals surface area (Å²) in [5.74, 6) is 0.526. The van der Waals surface area contributed by atoms with Crippen LogP contribution in [0.3, 0.4) is 0 Å². The normalized spacial score (nSPS) is 12.6. The molecule has 2 aromatic rings. The van der Waals surface area contributed by atoms with E-state index in [4.69, 9.17) is 0 Å². The van der Waals surface area contributed by atoms with Gasteiger partial charge >= 0.3 is 0 Å². The summed E-state index contributed by atoms with van der Waals surface area (Å²) < 4.78 is 2.33. The van der Waals surface area contributed by atoms with Gasteiger partial charge in [0.1, 0.15) is 0 Å². The molecule has 0 aliphatic rings. The lowest BCUT2D eigenvalue weighted by atomic mass is 9.97. The van der Waals surface area contributed by atoms with E-state index in [1.54, 1.807) is 0 Å². The monoisotopic (exact) mass is 436 g/mol. The van der Waals surface area contributed by atoms with Gasteiger partial charge in [-0.15, -0.1) is 11.3 Å². The molecule has 0 N–H and O–H groups in total. The van der Waals surface area contributed by atoms with E-state index in [-0.39, 0.29) is 0 Å². The average molecular weight is 439 g/mol. The molecular formula is C13H11Br3S. The molecule has 0 amide bonds. The number of rotatable bonds is 4. The quantitative estimate of drug-likeness (QED) is 0.514. The Bertz CT molecular complexity index is 493. The van der Waals surface area contributed by atoms with Gasteiger partial charge < -0.3 is 0 Å². The Morgan fingerprint density at radius 3 is 2.53 bits per heavy atom. The maximum atomic E-state index is 3.62. The first-order valence-electron chi connectivity index (χ1n) is 5.23. The van der Waals surface area contributed by atoms with Crippen molar-refractivity contribution >= 4 is 59.1 Å². The van der Waals surface area contributed by atoms with Crippen LogP contribution in [0, 0.1) is 0 Å². The van der Waals surface area contributed by atoms with Gasteiger partial charge in [-0.1, -0.05) is 44.0 Å². The fourth-order valence-corrected chi connectivity index (χ4v) is 4.28. The van der Waals surface area contributed by atoms with Crippen LogP contribution in [0.4, 0.5) is 0 Å². The van der Waals surface area contributed by atoms with E-state index in [1.807, 2.05) is 11.3 Å². The summed E-state index contributed by atoms with van der Waals surface area (Å²) in [6, 6.07) is 10.8. The molecule has 4 heteroatoms. The molecule has 0 saturated carbocycles. The molecular weight excluding hydrogens is 428 g/mol. The minimum atomic E-state index is 0.526.